The largest absolute Gasteiger partial charge is 0.366 e. The second kappa shape index (κ2) is 6.78. The predicted octanol–water partition coefficient (Wildman–Crippen LogP) is 4.03. The Labute approximate surface area is 122 Å². The zero-order valence-electron chi connectivity index (χ0n) is 11.0. The Morgan fingerprint density at radius 3 is 2.63 bits per heavy atom. The second-order valence-electron chi connectivity index (χ2n) is 4.04. The van der Waals surface area contributed by atoms with E-state index < -0.39 is 0 Å². The van der Waals surface area contributed by atoms with Crippen LogP contribution in [0.1, 0.15) is 18.1 Å². The molecule has 0 aliphatic heterocycles. The van der Waals surface area contributed by atoms with Gasteiger partial charge in [-0.2, -0.15) is 0 Å². The first-order valence-corrected chi connectivity index (χ1v) is 7.72. The highest BCUT2D eigenvalue weighted by molar-refractivity contribution is 7.98. The quantitative estimate of drug-likeness (QED) is 0.513. The molecule has 0 radical (unpaired) electrons. The first kappa shape index (κ1) is 14.2. The highest BCUT2D eigenvalue weighted by Crippen LogP contribution is 2.18. The molecule has 0 spiro atoms. The Bertz CT molecular complexity index is 560. The fourth-order valence-electron chi connectivity index (χ4n) is 1.84. The van der Waals surface area contributed by atoms with Gasteiger partial charge in [0.05, 0.1) is 0 Å². The molecule has 3 nitrogen and oxygen atoms in total. The first-order valence-electron chi connectivity index (χ1n) is 6.12. The van der Waals surface area contributed by atoms with Gasteiger partial charge in [-0.25, -0.2) is 9.97 Å². The minimum atomic E-state index is 0.464. The molecule has 1 aromatic heterocycles. The molecule has 0 saturated heterocycles. The number of aryl methyl sites for hydroxylation is 1. The summed E-state index contributed by atoms with van der Waals surface area (Å²) >= 11 is 7.44. The van der Waals surface area contributed by atoms with Crippen molar-refractivity contribution in [1.29, 1.82) is 0 Å². The maximum Gasteiger partial charge on any atom is 0.190 e. The van der Waals surface area contributed by atoms with Crippen molar-refractivity contribution in [2.45, 2.75) is 25.0 Å². The summed E-state index contributed by atoms with van der Waals surface area (Å²) in [5.74, 6) is 0.759. The van der Waals surface area contributed by atoms with Crippen molar-refractivity contribution in [3.05, 3.63) is 46.6 Å². The van der Waals surface area contributed by atoms with Crippen LogP contribution in [0.5, 0.6) is 0 Å². The lowest BCUT2D eigenvalue weighted by molar-refractivity contribution is 0.950. The number of hydrogen-bond donors (Lipinski definition) is 1. The fraction of sp³-hybridized carbons (Fsp3) is 0.286. The summed E-state index contributed by atoms with van der Waals surface area (Å²) in [7, 11) is 0. The summed E-state index contributed by atoms with van der Waals surface area (Å²) in [6, 6.07) is 10.1. The van der Waals surface area contributed by atoms with Crippen LogP contribution in [-0.4, -0.2) is 16.2 Å². The van der Waals surface area contributed by atoms with Gasteiger partial charge in [0.15, 0.2) is 5.16 Å². The van der Waals surface area contributed by atoms with Crippen LogP contribution in [0.15, 0.2) is 35.5 Å². The summed E-state index contributed by atoms with van der Waals surface area (Å²) in [5.41, 5.74) is 2.63. The van der Waals surface area contributed by atoms with Gasteiger partial charge in [-0.15, -0.1) is 0 Å². The van der Waals surface area contributed by atoms with Crippen molar-refractivity contribution in [3.63, 3.8) is 0 Å². The Kier molecular flexibility index (Phi) is 5.05. The van der Waals surface area contributed by atoms with Crippen LogP contribution in [0.25, 0.3) is 0 Å². The average Bonchev–Trinajstić information content (AvgIpc) is 2.44. The standard InChI is InChI=1S/C14H16ClN3S/c1-3-10-6-4-5-7-11(10)9-16-13-8-12(15)17-14(18-13)19-2/h4-8H,3,9H2,1-2H3,(H,16,17,18). The smallest absolute Gasteiger partial charge is 0.190 e. The van der Waals surface area contributed by atoms with Gasteiger partial charge in [-0.1, -0.05) is 54.6 Å². The van der Waals surface area contributed by atoms with Crippen LogP contribution < -0.4 is 5.32 Å². The van der Waals surface area contributed by atoms with Gasteiger partial charge in [0.25, 0.3) is 0 Å². The number of nitrogens with one attached hydrogen (secondary N) is 1. The monoisotopic (exact) mass is 293 g/mol. The molecule has 0 unspecified atom stereocenters. The summed E-state index contributed by atoms with van der Waals surface area (Å²) < 4.78 is 0. The van der Waals surface area contributed by atoms with Crippen molar-refractivity contribution in [2.75, 3.05) is 11.6 Å². The molecule has 1 aromatic carbocycles. The Morgan fingerprint density at radius 2 is 1.95 bits per heavy atom. The molecule has 0 amide bonds. The number of halogens is 1. The third-order valence-electron chi connectivity index (χ3n) is 2.82. The number of anilines is 1. The zero-order valence-corrected chi connectivity index (χ0v) is 12.6. The van der Waals surface area contributed by atoms with E-state index in [9.17, 15) is 0 Å². The van der Waals surface area contributed by atoms with E-state index in [0.717, 1.165) is 18.8 Å². The van der Waals surface area contributed by atoms with E-state index in [0.29, 0.717) is 10.3 Å². The number of benzene rings is 1. The highest BCUT2D eigenvalue weighted by atomic mass is 35.5. The van der Waals surface area contributed by atoms with Gasteiger partial charge in [-0.3, -0.25) is 0 Å². The van der Waals surface area contributed by atoms with Gasteiger partial charge in [-0.05, 0) is 23.8 Å². The summed E-state index contributed by atoms with van der Waals surface area (Å²) in [4.78, 5) is 8.50. The lowest BCUT2D eigenvalue weighted by Gasteiger charge is -2.10. The number of nitrogens with zero attached hydrogens (tertiary/aromatic N) is 2. The SMILES string of the molecule is CCc1ccccc1CNc1cc(Cl)nc(SC)n1. The Hall–Kier alpha value is -1.26. The van der Waals surface area contributed by atoms with Crippen LogP contribution in [0.4, 0.5) is 5.82 Å². The second-order valence-corrected chi connectivity index (χ2v) is 5.20. The summed E-state index contributed by atoms with van der Waals surface area (Å²) in [6.07, 6.45) is 2.96. The Balaban J connectivity index is 2.12. The fourth-order valence-corrected chi connectivity index (χ4v) is 2.45. The summed E-state index contributed by atoms with van der Waals surface area (Å²) in [6.45, 7) is 2.90. The molecule has 0 fully saturated rings. The lowest BCUT2D eigenvalue weighted by Crippen LogP contribution is -2.05. The minimum Gasteiger partial charge on any atom is -0.366 e. The van der Waals surface area contributed by atoms with E-state index in [4.69, 9.17) is 11.6 Å². The van der Waals surface area contributed by atoms with Crippen molar-refractivity contribution < 1.29 is 0 Å². The van der Waals surface area contributed by atoms with Crippen molar-refractivity contribution in [3.8, 4) is 0 Å². The van der Waals surface area contributed by atoms with E-state index >= 15 is 0 Å². The van der Waals surface area contributed by atoms with Gasteiger partial charge >= 0.3 is 0 Å². The maximum absolute atomic E-state index is 5.96. The molecular weight excluding hydrogens is 278 g/mol. The van der Waals surface area contributed by atoms with E-state index in [2.05, 4.69) is 46.5 Å². The Morgan fingerprint density at radius 1 is 1.21 bits per heavy atom. The van der Waals surface area contributed by atoms with Crippen LogP contribution in [0, 0.1) is 0 Å². The predicted molar refractivity (Wildman–Crippen MR) is 82.0 cm³/mol. The van der Waals surface area contributed by atoms with Crippen molar-refractivity contribution in [1.82, 2.24) is 9.97 Å². The van der Waals surface area contributed by atoms with Crippen LogP contribution in [0.3, 0.4) is 0 Å². The molecule has 100 valence electrons. The third kappa shape index (κ3) is 3.85. The molecule has 0 bridgehead atoms. The molecular formula is C14H16ClN3S. The van der Waals surface area contributed by atoms with E-state index in [1.165, 1.54) is 22.9 Å². The highest BCUT2D eigenvalue weighted by Gasteiger charge is 2.04. The van der Waals surface area contributed by atoms with E-state index in [1.54, 1.807) is 6.07 Å². The molecule has 0 aliphatic carbocycles. The van der Waals surface area contributed by atoms with Gasteiger partial charge in [0.2, 0.25) is 0 Å². The molecule has 2 aromatic rings. The molecule has 0 saturated carbocycles. The molecule has 1 heterocycles. The van der Waals surface area contributed by atoms with Crippen LogP contribution in [-0.2, 0) is 13.0 Å². The first-order chi connectivity index (χ1) is 9.22. The zero-order chi connectivity index (χ0) is 13.7. The van der Waals surface area contributed by atoms with Crippen molar-refractivity contribution >= 4 is 29.2 Å². The van der Waals surface area contributed by atoms with Gasteiger partial charge < -0.3 is 5.32 Å². The molecule has 0 atom stereocenters. The molecule has 0 aliphatic rings. The topological polar surface area (TPSA) is 37.8 Å². The number of rotatable bonds is 5. The summed E-state index contributed by atoms with van der Waals surface area (Å²) in [5, 5.41) is 4.45. The average molecular weight is 294 g/mol. The molecule has 1 N–H and O–H groups in total. The number of thioether (sulfide) groups is 1. The molecule has 5 heteroatoms. The van der Waals surface area contributed by atoms with Crippen LogP contribution >= 0.6 is 23.4 Å². The normalized spacial score (nSPS) is 10.5. The minimum absolute atomic E-state index is 0.464. The lowest BCUT2D eigenvalue weighted by atomic mass is 10.1. The van der Waals surface area contributed by atoms with Crippen LogP contribution in [0.2, 0.25) is 5.15 Å². The van der Waals surface area contributed by atoms with Gasteiger partial charge in [0, 0.05) is 12.6 Å². The molecule has 2 rings (SSSR count). The van der Waals surface area contributed by atoms with E-state index in [-0.39, 0.29) is 0 Å². The maximum atomic E-state index is 5.96. The third-order valence-corrected chi connectivity index (χ3v) is 3.56. The number of aromatic nitrogens is 2. The van der Waals surface area contributed by atoms with Gasteiger partial charge in [0.1, 0.15) is 11.0 Å². The molecule has 19 heavy (non-hydrogen) atoms. The number of hydrogen-bond acceptors (Lipinski definition) is 4. The van der Waals surface area contributed by atoms with Crippen molar-refractivity contribution in [2.24, 2.45) is 0 Å². The van der Waals surface area contributed by atoms with E-state index in [1.807, 2.05) is 6.26 Å².